The lowest BCUT2D eigenvalue weighted by Gasteiger charge is -2.24. The maximum atomic E-state index is 12.9. The third-order valence-electron chi connectivity index (χ3n) is 17.6. The first-order valence-electron chi connectivity index (χ1n) is 40.0. The normalized spacial score (nSPS) is 13.6. The highest BCUT2D eigenvalue weighted by Crippen LogP contribution is 2.43. The van der Waals surface area contributed by atoms with Crippen LogP contribution in [0.3, 0.4) is 0 Å². The predicted octanol–water partition coefficient (Wildman–Crippen LogP) is 26.6. The number of nitrogens with zero attached hydrogens (tertiary/aromatic N) is 1. The topological polar surface area (TPSA) is 108 Å². The van der Waals surface area contributed by atoms with E-state index < -0.39 is 26.5 Å². The van der Waals surface area contributed by atoms with E-state index in [4.69, 9.17) is 18.5 Å². The van der Waals surface area contributed by atoms with Crippen molar-refractivity contribution < 1.29 is 42.1 Å². The van der Waals surface area contributed by atoms with Crippen molar-refractivity contribution in [2.45, 2.75) is 380 Å². The summed E-state index contributed by atoms with van der Waals surface area (Å²) in [5.74, 6) is -0.818. The summed E-state index contributed by atoms with van der Waals surface area (Å²) in [4.78, 5) is 35.9. The highest BCUT2D eigenvalue weighted by atomic mass is 31.2. The molecule has 0 aliphatic heterocycles. The first-order chi connectivity index (χ1) is 46.0. The molecule has 9 nitrogen and oxygen atoms in total. The first kappa shape index (κ1) is 90.9. The zero-order valence-electron chi connectivity index (χ0n) is 62.4. The van der Waals surface area contributed by atoms with Crippen molar-refractivity contribution in [2.75, 3.05) is 47.5 Å². The number of carbonyl (C=O) groups is 2. The van der Waals surface area contributed by atoms with Gasteiger partial charge >= 0.3 is 19.8 Å². The molecule has 1 N–H and O–H groups in total. The minimum absolute atomic E-state index is 0.0229. The maximum Gasteiger partial charge on any atom is 0.472 e. The number of likely N-dealkylation sites (N-methyl/N-ethyl adjacent to an activating group) is 1. The SMILES string of the molecule is CC/C=C\C/C=C\C/C=C\C/C=C\C/C=C\C/C=C\C/C=C\C/C=C\CCCCCCC(=O)OC(COC(=O)CCCCCCCCCCCCCCCCCCCCCCCCCCCCCCCCCCCCCCCCCCC)COP(=O)(O)OCC[N+](C)(C)C. The van der Waals surface area contributed by atoms with Gasteiger partial charge in [0, 0.05) is 12.8 Å². The molecule has 0 aliphatic carbocycles. The van der Waals surface area contributed by atoms with Gasteiger partial charge in [-0.3, -0.25) is 18.6 Å². The van der Waals surface area contributed by atoms with Crippen LogP contribution in [0.1, 0.15) is 373 Å². The highest BCUT2D eigenvalue weighted by molar-refractivity contribution is 7.47. The van der Waals surface area contributed by atoms with Crippen molar-refractivity contribution in [3.05, 3.63) is 97.2 Å². The van der Waals surface area contributed by atoms with Crippen molar-refractivity contribution >= 4 is 19.8 Å². The zero-order valence-corrected chi connectivity index (χ0v) is 63.3. The van der Waals surface area contributed by atoms with Gasteiger partial charge in [0.2, 0.25) is 0 Å². The van der Waals surface area contributed by atoms with E-state index in [1.54, 1.807) is 0 Å². The Kier molecular flexibility index (Phi) is 71.7. The fourth-order valence-corrected chi connectivity index (χ4v) is 12.3. The molecule has 0 heterocycles. The third-order valence-corrected chi connectivity index (χ3v) is 18.6. The summed E-state index contributed by atoms with van der Waals surface area (Å²) in [5, 5.41) is 0. The van der Waals surface area contributed by atoms with E-state index in [0.29, 0.717) is 17.4 Å². The van der Waals surface area contributed by atoms with Crippen LogP contribution in [0.5, 0.6) is 0 Å². The number of phosphoric acid groups is 1. The van der Waals surface area contributed by atoms with Crippen LogP contribution in [0, 0.1) is 0 Å². The smallest absolute Gasteiger partial charge is 0.462 e. The van der Waals surface area contributed by atoms with Crippen LogP contribution in [-0.4, -0.2) is 74.9 Å². The molecule has 0 radical (unpaired) electrons. The van der Waals surface area contributed by atoms with E-state index in [1.807, 2.05) is 21.1 Å². The van der Waals surface area contributed by atoms with Crippen LogP contribution >= 0.6 is 7.82 Å². The van der Waals surface area contributed by atoms with Crippen LogP contribution in [0.25, 0.3) is 0 Å². The Hall–Kier alpha value is -3.07. The average molecular weight is 1340 g/mol. The molecule has 2 unspecified atom stereocenters. The fourth-order valence-electron chi connectivity index (χ4n) is 11.6. The van der Waals surface area contributed by atoms with Gasteiger partial charge in [0.1, 0.15) is 19.8 Å². The molecule has 0 aromatic heterocycles. The van der Waals surface area contributed by atoms with Gasteiger partial charge in [0.15, 0.2) is 6.10 Å². The van der Waals surface area contributed by atoms with Gasteiger partial charge in [0.25, 0.3) is 0 Å². The summed E-state index contributed by atoms with van der Waals surface area (Å²) in [5.41, 5.74) is 0. The Bertz CT molecular complexity index is 1910. The van der Waals surface area contributed by atoms with Crippen molar-refractivity contribution in [2.24, 2.45) is 0 Å². The summed E-state index contributed by atoms with van der Waals surface area (Å²) in [6, 6.07) is 0. The predicted molar refractivity (Wildman–Crippen MR) is 408 cm³/mol. The lowest BCUT2D eigenvalue weighted by molar-refractivity contribution is -0.870. The molecule has 0 aromatic carbocycles. The standard InChI is InChI=1S/C84H152NO8P/c1-6-8-10-12-14-16-18-20-22-24-26-28-30-32-34-36-37-38-39-40-41-42-43-44-45-46-47-49-50-52-54-56-58-60-62-64-66-68-70-72-74-76-83(86)90-80-82(81-92-94(88,89)91-79-78-85(3,4)5)93-84(87)77-75-73-71-69-67-65-63-61-59-57-55-53-51-48-35-33-31-29-27-25-23-21-19-17-15-13-11-9-7-2/h9,11,15,17,21,23,27,29,33,35,51,53,57,59,63,65,82H,6-8,10,12-14,16,18-20,22,24-26,28,30-32,34,36-50,52,54-56,58,60-62,64,66-81H2,1-5H3/p+1/b11-9-,17-15-,23-21-,29-27-,35-33-,53-51-,59-57-,65-63-. The molecule has 2 atom stereocenters. The molecule has 0 aromatic rings. The Morgan fingerprint density at radius 2 is 0.606 bits per heavy atom. The number of allylic oxidation sites excluding steroid dienone is 16. The molecule has 0 saturated carbocycles. The van der Waals surface area contributed by atoms with Gasteiger partial charge in [-0.05, 0) is 77.0 Å². The summed E-state index contributed by atoms with van der Waals surface area (Å²) < 4.78 is 34.7. The van der Waals surface area contributed by atoms with Gasteiger partial charge in [-0.2, -0.15) is 0 Å². The Morgan fingerprint density at radius 3 is 0.904 bits per heavy atom. The van der Waals surface area contributed by atoms with Gasteiger partial charge in [-0.1, -0.05) is 381 Å². The fraction of sp³-hybridized carbons (Fsp3) is 0.786. The molecule has 0 rings (SSSR count). The summed E-state index contributed by atoms with van der Waals surface area (Å²) in [7, 11) is 1.46. The Labute approximate surface area is 583 Å². The van der Waals surface area contributed by atoms with Gasteiger partial charge in [-0.25, -0.2) is 4.57 Å². The van der Waals surface area contributed by atoms with Crippen molar-refractivity contribution in [3.63, 3.8) is 0 Å². The molecule has 0 aliphatic rings. The maximum absolute atomic E-state index is 12.9. The number of unbranched alkanes of at least 4 members (excludes halogenated alkanes) is 44. The van der Waals surface area contributed by atoms with Crippen molar-refractivity contribution in [1.82, 2.24) is 0 Å². The van der Waals surface area contributed by atoms with E-state index in [1.165, 1.54) is 244 Å². The molecule has 10 heteroatoms. The van der Waals surface area contributed by atoms with Crippen LogP contribution in [0.2, 0.25) is 0 Å². The Morgan fingerprint density at radius 1 is 0.340 bits per heavy atom. The monoisotopic (exact) mass is 1340 g/mol. The van der Waals surface area contributed by atoms with E-state index in [0.717, 1.165) is 96.3 Å². The molecular weight excluding hydrogens is 1180 g/mol. The van der Waals surface area contributed by atoms with E-state index in [2.05, 4.69) is 111 Å². The molecule has 94 heavy (non-hydrogen) atoms. The molecular formula is C84H153NO8P+. The second-order valence-electron chi connectivity index (χ2n) is 28.1. The summed E-state index contributed by atoms with van der Waals surface area (Å²) in [6.45, 7) is 4.33. The van der Waals surface area contributed by atoms with Gasteiger partial charge in [0.05, 0.1) is 27.7 Å². The summed E-state index contributed by atoms with van der Waals surface area (Å²) >= 11 is 0. The van der Waals surface area contributed by atoms with Crippen molar-refractivity contribution in [1.29, 1.82) is 0 Å². The van der Waals surface area contributed by atoms with Gasteiger partial charge < -0.3 is 18.9 Å². The molecule has 0 amide bonds. The lowest BCUT2D eigenvalue weighted by atomic mass is 10.0. The quantitative estimate of drug-likeness (QED) is 0.0211. The van der Waals surface area contributed by atoms with E-state index in [9.17, 15) is 19.0 Å². The molecule has 0 spiro atoms. The third kappa shape index (κ3) is 77.9. The number of esters is 2. The largest absolute Gasteiger partial charge is 0.472 e. The van der Waals surface area contributed by atoms with E-state index in [-0.39, 0.29) is 32.0 Å². The second kappa shape index (κ2) is 74.2. The average Bonchev–Trinajstić information content (AvgIpc) is 1.65. The zero-order chi connectivity index (χ0) is 68.3. The molecule has 0 fully saturated rings. The molecule has 546 valence electrons. The highest BCUT2D eigenvalue weighted by Gasteiger charge is 2.27. The van der Waals surface area contributed by atoms with Crippen LogP contribution in [0.4, 0.5) is 0 Å². The number of carbonyl (C=O) groups excluding carboxylic acids is 2. The number of rotatable bonds is 74. The molecule has 0 bridgehead atoms. The van der Waals surface area contributed by atoms with Crippen LogP contribution in [0.15, 0.2) is 97.2 Å². The minimum Gasteiger partial charge on any atom is -0.462 e. The van der Waals surface area contributed by atoms with Gasteiger partial charge in [-0.15, -0.1) is 0 Å². The number of hydrogen-bond donors (Lipinski definition) is 1. The number of ether oxygens (including phenoxy) is 2. The number of hydrogen-bond acceptors (Lipinski definition) is 7. The van der Waals surface area contributed by atoms with Crippen LogP contribution < -0.4 is 0 Å². The number of quaternary nitrogens is 1. The second-order valence-corrected chi connectivity index (χ2v) is 29.5. The lowest BCUT2D eigenvalue weighted by Crippen LogP contribution is -2.37. The number of phosphoric ester groups is 1. The van der Waals surface area contributed by atoms with E-state index >= 15 is 0 Å². The minimum atomic E-state index is -4.41. The Balaban J connectivity index is 3.95. The van der Waals surface area contributed by atoms with Crippen molar-refractivity contribution in [3.8, 4) is 0 Å². The molecule has 0 saturated heterocycles. The first-order valence-corrected chi connectivity index (χ1v) is 41.5. The summed E-state index contributed by atoms with van der Waals surface area (Å²) in [6.07, 6.45) is 104. The van der Waals surface area contributed by atoms with Crippen LogP contribution in [-0.2, 0) is 32.7 Å².